The summed E-state index contributed by atoms with van der Waals surface area (Å²) < 4.78 is 6.09. The Morgan fingerprint density at radius 1 is 1.30 bits per heavy atom. The van der Waals surface area contributed by atoms with Crippen molar-refractivity contribution in [2.45, 2.75) is 25.5 Å². The molecule has 1 aromatic carbocycles. The van der Waals surface area contributed by atoms with Gasteiger partial charge >= 0.3 is 0 Å². The van der Waals surface area contributed by atoms with Crippen LogP contribution in [0, 0.1) is 11.3 Å². The fraction of sp³-hybridized carbons (Fsp3) is 0.308. The van der Waals surface area contributed by atoms with Gasteiger partial charge in [-0.1, -0.05) is 23.2 Å². The van der Waals surface area contributed by atoms with Crippen LogP contribution in [0.4, 0.5) is 11.5 Å². The predicted octanol–water partition coefficient (Wildman–Crippen LogP) is 2.13. The molecule has 0 spiro atoms. The highest BCUT2D eigenvalue weighted by molar-refractivity contribution is 6.35. The molecule has 0 bridgehead atoms. The summed E-state index contributed by atoms with van der Waals surface area (Å²) in [7, 11) is 0. The molecule has 1 fully saturated rings. The van der Waals surface area contributed by atoms with Gasteiger partial charge in [0.1, 0.15) is 23.7 Å². The number of nitrogen functional groups attached to an aromatic ring is 1. The molecule has 192 valence electrons. The second kappa shape index (κ2) is 10.9. The third-order valence-electron chi connectivity index (χ3n) is 6.27. The van der Waals surface area contributed by atoms with Crippen LogP contribution in [0.15, 0.2) is 42.9 Å². The first-order valence-electron chi connectivity index (χ1n) is 11.6. The van der Waals surface area contributed by atoms with Crippen molar-refractivity contribution in [2.75, 3.05) is 36.9 Å². The number of nitrogens with one attached hydrogen (secondary N) is 1. The second-order valence-electron chi connectivity index (χ2n) is 9.21. The lowest BCUT2D eigenvalue weighted by atomic mass is 9.91. The monoisotopic (exact) mass is 540 g/mol. The number of benzene rings is 1. The zero-order chi connectivity index (χ0) is 26.7. The van der Waals surface area contributed by atoms with Crippen LogP contribution in [0.5, 0.6) is 5.75 Å². The van der Waals surface area contributed by atoms with E-state index in [1.165, 1.54) is 12.4 Å². The third-order valence-corrected chi connectivity index (χ3v) is 6.87. The number of hydrogen-bond acceptors (Lipinski definition) is 8. The third kappa shape index (κ3) is 5.63. The Hall–Kier alpha value is -3.42. The summed E-state index contributed by atoms with van der Waals surface area (Å²) in [5, 5.41) is 29.5. The van der Waals surface area contributed by atoms with Crippen molar-refractivity contribution >= 4 is 40.4 Å². The Bertz CT molecular complexity index is 1350. The summed E-state index contributed by atoms with van der Waals surface area (Å²) >= 11 is 12.5. The van der Waals surface area contributed by atoms with Crippen LogP contribution in [0.3, 0.4) is 0 Å². The molecule has 9 nitrogen and oxygen atoms in total. The molecule has 11 heteroatoms. The van der Waals surface area contributed by atoms with Crippen molar-refractivity contribution in [3.05, 3.63) is 75.2 Å². The van der Waals surface area contributed by atoms with Gasteiger partial charge in [0.2, 0.25) is 5.71 Å². The van der Waals surface area contributed by atoms with Gasteiger partial charge in [0.25, 0.3) is 0 Å². The number of aromatic nitrogens is 2. The Morgan fingerprint density at radius 3 is 2.65 bits per heavy atom. The number of nitrogens with two attached hydrogens (primary N) is 2. The smallest absolute Gasteiger partial charge is 0.215 e. The minimum Gasteiger partial charge on any atom is -0.486 e. The largest absolute Gasteiger partial charge is 0.486 e. The SMILES string of the molecule is C[C@@H](Oc1ccc(N)c(C(=[NH2+])c2cnc(N3CC(C)(NCCO)C3)c(C#N)c2)c1)c1c(Cl)cncc1Cl. The highest BCUT2D eigenvalue weighted by atomic mass is 35.5. The summed E-state index contributed by atoms with van der Waals surface area (Å²) in [6, 6.07) is 9.10. The van der Waals surface area contributed by atoms with Crippen molar-refractivity contribution in [1.29, 1.82) is 5.26 Å². The first-order valence-corrected chi connectivity index (χ1v) is 12.4. The standard InChI is InChI=1S/C26H27Cl2N7O2/c1-15(23-20(27)11-32-12-21(23)28)37-18-3-4-22(30)19(8-18)24(31)17-7-16(9-29)25(33-10-17)35-13-26(2,14-35)34-5-6-36/h3-4,7-8,10-12,15,31,34,36H,5-6,13-14,30H2,1-2H3/p+1/t15-/m1/s1. The fourth-order valence-electron chi connectivity index (χ4n) is 4.42. The fourth-order valence-corrected chi connectivity index (χ4v) is 5.10. The van der Waals surface area contributed by atoms with Crippen molar-refractivity contribution in [1.82, 2.24) is 15.3 Å². The molecule has 0 amide bonds. The second-order valence-corrected chi connectivity index (χ2v) is 10.0. The van der Waals surface area contributed by atoms with E-state index in [-0.39, 0.29) is 12.1 Å². The average molecular weight is 541 g/mol. The van der Waals surface area contributed by atoms with Gasteiger partial charge in [-0.15, -0.1) is 0 Å². The number of anilines is 2. The molecular weight excluding hydrogens is 513 g/mol. The Kier molecular flexibility index (Phi) is 7.85. The van der Waals surface area contributed by atoms with Gasteiger partial charge in [-0.2, -0.15) is 5.26 Å². The van der Waals surface area contributed by atoms with E-state index in [2.05, 4.69) is 28.3 Å². The van der Waals surface area contributed by atoms with Crippen LogP contribution < -0.4 is 26.1 Å². The number of hydrogen-bond donors (Lipinski definition) is 4. The average Bonchev–Trinajstić information content (AvgIpc) is 2.86. The highest BCUT2D eigenvalue weighted by Crippen LogP contribution is 2.34. The molecule has 0 aliphatic carbocycles. The maximum Gasteiger partial charge on any atom is 0.215 e. The van der Waals surface area contributed by atoms with Crippen molar-refractivity contribution in [3.63, 3.8) is 0 Å². The molecule has 2 aromatic heterocycles. The van der Waals surface area contributed by atoms with Gasteiger partial charge in [-0.3, -0.25) is 10.4 Å². The number of aliphatic hydroxyl groups excluding tert-OH is 1. The molecule has 0 radical (unpaired) electrons. The van der Waals surface area contributed by atoms with Crippen LogP contribution in [0.1, 0.15) is 42.2 Å². The van der Waals surface area contributed by atoms with Gasteiger partial charge in [0, 0.05) is 49.5 Å². The molecule has 1 saturated heterocycles. The molecule has 6 N–H and O–H groups in total. The Morgan fingerprint density at radius 2 is 2.00 bits per heavy atom. The molecule has 1 atom stereocenters. The normalized spacial score (nSPS) is 15.0. The number of halogens is 2. The number of rotatable bonds is 9. The number of ether oxygens (including phenoxy) is 1. The zero-order valence-electron chi connectivity index (χ0n) is 20.5. The minimum atomic E-state index is -0.457. The van der Waals surface area contributed by atoms with E-state index < -0.39 is 6.10 Å². The first-order chi connectivity index (χ1) is 17.7. The van der Waals surface area contributed by atoms with Crippen LogP contribution in [-0.2, 0) is 0 Å². The molecule has 37 heavy (non-hydrogen) atoms. The summed E-state index contributed by atoms with van der Waals surface area (Å²) in [6.45, 7) is 5.82. The minimum absolute atomic E-state index is 0.0700. The van der Waals surface area contributed by atoms with Gasteiger partial charge in [0.15, 0.2) is 0 Å². The van der Waals surface area contributed by atoms with Crippen LogP contribution >= 0.6 is 23.2 Å². The number of β-amino-alcohol motifs (C(OH)–C–C–N with tert-alkyl or cyclic N) is 1. The van der Waals surface area contributed by atoms with Crippen LogP contribution in [0.2, 0.25) is 10.0 Å². The summed E-state index contributed by atoms with van der Waals surface area (Å²) in [4.78, 5) is 10.5. The van der Waals surface area contributed by atoms with Crippen molar-refractivity contribution in [3.8, 4) is 11.8 Å². The molecule has 3 aromatic rings. The highest BCUT2D eigenvalue weighted by Gasteiger charge is 2.39. The summed E-state index contributed by atoms with van der Waals surface area (Å²) in [5.74, 6) is 1.11. The number of nitriles is 1. The van der Waals surface area contributed by atoms with Gasteiger partial charge < -0.3 is 25.8 Å². The molecular formula is C26H28Cl2N7O2+. The van der Waals surface area contributed by atoms with E-state index in [1.807, 2.05) is 11.8 Å². The van der Waals surface area contributed by atoms with E-state index in [1.54, 1.807) is 30.5 Å². The van der Waals surface area contributed by atoms with Gasteiger partial charge in [0.05, 0.1) is 38.9 Å². The molecule has 1 aliphatic heterocycles. The van der Waals surface area contributed by atoms with E-state index in [0.29, 0.717) is 74.9 Å². The lowest BCUT2D eigenvalue weighted by Crippen LogP contribution is -2.68. The molecule has 0 unspecified atom stereocenters. The van der Waals surface area contributed by atoms with E-state index >= 15 is 0 Å². The van der Waals surface area contributed by atoms with Crippen LogP contribution in [-0.4, -0.2) is 52.6 Å². The van der Waals surface area contributed by atoms with E-state index in [9.17, 15) is 5.26 Å². The van der Waals surface area contributed by atoms with E-state index in [4.69, 9.17) is 44.2 Å². The number of pyridine rings is 2. The summed E-state index contributed by atoms with van der Waals surface area (Å²) in [6.07, 6.45) is 4.20. The zero-order valence-corrected chi connectivity index (χ0v) is 22.0. The maximum atomic E-state index is 9.80. The van der Waals surface area contributed by atoms with Crippen LogP contribution in [0.25, 0.3) is 0 Å². The maximum absolute atomic E-state index is 9.80. The van der Waals surface area contributed by atoms with Gasteiger partial charge in [-0.05, 0) is 38.1 Å². The van der Waals surface area contributed by atoms with Crippen molar-refractivity contribution < 1.29 is 15.3 Å². The lowest BCUT2D eigenvalue weighted by Gasteiger charge is -2.49. The molecule has 0 saturated carbocycles. The molecule has 4 rings (SSSR count). The number of nitrogens with zero attached hydrogens (tertiary/aromatic N) is 4. The topological polar surface area (TPSA) is 146 Å². The first kappa shape index (κ1) is 26.6. The predicted molar refractivity (Wildman–Crippen MR) is 144 cm³/mol. The summed E-state index contributed by atoms with van der Waals surface area (Å²) in [5.41, 5.74) is 9.08. The molecule has 3 heterocycles. The van der Waals surface area contributed by atoms with E-state index in [0.717, 1.165) is 0 Å². The Labute approximate surface area is 225 Å². The quantitative estimate of drug-likeness (QED) is 0.238. The molecule has 1 aliphatic rings. The van der Waals surface area contributed by atoms with Crippen molar-refractivity contribution in [2.24, 2.45) is 0 Å². The van der Waals surface area contributed by atoms with Gasteiger partial charge in [-0.25, -0.2) is 4.98 Å². The Balaban J connectivity index is 1.54. The lowest BCUT2D eigenvalue weighted by molar-refractivity contribution is -0.111. The number of aliphatic hydroxyl groups is 1.